The van der Waals surface area contributed by atoms with Gasteiger partial charge in [-0.2, -0.15) is 0 Å². The number of piperazine rings is 1. The Labute approximate surface area is 161 Å². The lowest BCUT2D eigenvalue weighted by atomic mass is 9.87. The topological polar surface area (TPSA) is 39.3 Å². The SMILES string of the molecule is CC1CCc2[nH]c3c(C(=O)N4CCN(C5CCCC5)CC4)cccc3c2C1. The molecule has 2 aliphatic carbocycles. The van der Waals surface area contributed by atoms with Crippen LogP contribution in [0, 0.1) is 5.92 Å². The first-order valence-electron chi connectivity index (χ1n) is 10.9. The summed E-state index contributed by atoms with van der Waals surface area (Å²) in [6.07, 6.45) is 8.93. The number of para-hydroxylation sites is 1. The zero-order valence-corrected chi connectivity index (χ0v) is 16.5. The van der Waals surface area contributed by atoms with Gasteiger partial charge in [0.1, 0.15) is 0 Å². The van der Waals surface area contributed by atoms with Crippen molar-refractivity contribution >= 4 is 16.8 Å². The minimum atomic E-state index is 0.207. The fraction of sp³-hybridized carbons (Fsp3) is 0.609. The van der Waals surface area contributed by atoms with Gasteiger partial charge >= 0.3 is 0 Å². The molecule has 4 heteroatoms. The molecule has 3 aliphatic rings. The van der Waals surface area contributed by atoms with Gasteiger partial charge in [0.15, 0.2) is 0 Å². The Bertz CT molecular complexity index is 841. The van der Waals surface area contributed by atoms with E-state index in [9.17, 15) is 4.79 Å². The summed E-state index contributed by atoms with van der Waals surface area (Å²) in [5, 5.41) is 1.27. The third-order valence-electron chi connectivity index (χ3n) is 7.14. The lowest BCUT2D eigenvalue weighted by Crippen LogP contribution is -2.51. The van der Waals surface area contributed by atoms with Crippen LogP contribution in [0.15, 0.2) is 18.2 Å². The van der Waals surface area contributed by atoms with Gasteiger partial charge in [-0.25, -0.2) is 0 Å². The molecule has 1 saturated carbocycles. The van der Waals surface area contributed by atoms with Gasteiger partial charge in [0.25, 0.3) is 5.91 Å². The molecule has 1 aliphatic heterocycles. The molecule has 5 rings (SSSR count). The summed E-state index contributed by atoms with van der Waals surface area (Å²) >= 11 is 0. The normalized spacial score (nSPS) is 24.5. The fourth-order valence-corrected chi connectivity index (χ4v) is 5.52. The van der Waals surface area contributed by atoms with Crippen molar-refractivity contribution in [3.8, 4) is 0 Å². The second-order valence-electron chi connectivity index (χ2n) is 8.92. The van der Waals surface area contributed by atoms with Crippen LogP contribution in [0.5, 0.6) is 0 Å². The first kappa shape index (κ1) is 17.3. The highest BCUT2D eigenvalue weighted by Gasteiger charge is 2.29. The molecule has 1 unspecified atom stereocenters. The van der Waals surface area contributed by atoms with Gasteiger partial charge in [-0.05, 0) is 49.7 Å². The molecule has 0 radical (unpaired) electrons. The Balaban J connectivity index is 1.37. The summed E-state index contributed by atoms with van der Waals surface area (Å²) in [4.78, 5) is 21.6. The molecule has 1 aromatic carbocycles. The van der Waals surface area contributed by atoms with E-state index >= 15 is 0 Å². The Morgan fingerprint density at radius 1 is 1.07 bits per heavy atom. The molecule has 144 valence electrons. The predicted molar refractivity (Wildman–Crippen MR) is 109 cm³/mol. The van der Waals surface area contributed by atoms with Gasteiger partial charge in [0.2, 0.25) is 0 Å². The summed E-state index contributed by atoms with van der Waals surface area (Å²) in [6.45, 7) is 6.13. The quantitative estimate of drug-likeness (QED) is 0.874. The first-order chi connectivity index (χ1) is 13.2. The van der Waals surface area contributed by atoms with Crippen molar-refractivity contribution in [1.29, 1.82) is 0 Å². The standard InChI is InChI=1S/C23H31N3O/c1-16-9-10-21-20(15-16)18-7-4-8-19(22(18)24-21)23(27)26-13-11-25(12-14-26)17-5-2-3-6-17/h4,7-8,16-17,24H,2-3,5-6,9-15H2,1H3. The minimum Gasteiger partial charge on any atom is -0.358 e. The van der Waals surface area contributed by atoms with Crippen molar-refractivity contribution in [2.75, 3.05) is 26.2 Å². The molecule has 1 atom stereocenters. The number of carbonyl (C=O) groups is 1. The molecule has 4 nitrogen and oxygen atoms in total. The largest absolute Gasteiger partial charge is 0.358 e. The second kappa shape index (κ2) is 6.97. The van der Waals surface area contributed by atoms with E-state index in [4.69, 9.17) is 0 Å². The molecular weight excluding hydrogens is 334 g/mol. The summed E-state index contributed by atoms with van der Waals surface area (Å²) in [5.41, 5.74) is 4.74. The zero-order valence-electron chi connectivity index (χ0n) is 16.5. The maximum atomic E-state index is 13.3. The van der Waals surface area contributed by atoms with E-state index in [1.165, 1.54) is 48.7 Å². The Kier molecular flexibility index (Phi) is 4.47. The maximum Gasteiger partial charge on any atom is 0.256 e. The van der Waals surface area contributed by atoms with Crippen molar-refractivity contribution < 1.29 is 4.79 Å². The Morgan fingerprint density at radius 2 is 1.85 bits per heavy atom. The molecule has 2 aromatic rings. The van der Waals surface area contributed by atoms with Crippen LogP contribution in [0.3, 0.4) is 0 Å². The lowest BCUT2D eigenvalue weighted by molar-refractivity contribution is 0.0575. The van der Waals surface area contributed by atoms with E-state index in [1.807, 2.05) is 6.07 Å². The number of nitrogens with zero attached hydrogens (tertiary/aromatic N) is 2. The summed E-state index contributed by atoms with van der Waals surface area (Å²) in [5.74, 6) is 0.942. The zero-order chi connectivity index (χ0) is 18.4. The molecule has 1 N–H and O–H groups in total. The highest BCUT2D eigenvalue weighted by atomic mass is 16.2. The lowest BCUT2D eigenvalue weighted by Gasteiger charge is -2.38. The number of amides is 1. The van der Waals surface area contributed by atoms with Crippen molar-refractivity contribution in [3.63, 3.8) is 0 Å². The number of rotatable bonds is 2. The number of hydrogen-bond donors (Lipinski definition) is 1. The molecule has 1 aromatic heterocycles. The van der Waals surface area contributed by atoms with Gasteiger partial charge in [-0.1, -0.05) is 31.9 Å². The monoisotopic (exact) mass is 365 g/mol. The average Bonchev–Trinajstić information content (AvgIpc) is 3.35. The number of nitrogens with one attached hydrogen (secondary N) is 1. The first-order valence-corrected chi connectivity index (χ1v) is 10.9. The Hall–Kier alpha value is -1.81. The molecule has 1 amide bonds. The molecular formula is C23H31N3O. The number of H-pyrrole nitrogens is 1. The number of aromatic nitrogens is 1. The van der Waals surface area contributed by atoms with Gasteiger partial charge in [0, 0.05) is 43.3 Å². The molecule has 0 bridgehead atoms. The van der Waals surface area contributed by atoms with E-state index in [1.54, 1.807) is 0 Å². The number of benzene rings is 1. The number of hydrogen-bond acceptors (Lipinski definition) is 2. The molecule has 27 heavy (non-hydrogen) atoms. The minimum absolute atomic E-state index is 0.207. The van der Waals surface area contributed by atoms with Crippen LogP contribution < -0.4 is 0 Å². The van der Waals surface area contributed by atoms with Gasteiger partial charge < -0.3 is 9.88 Å². The summed E-state index contributed by atoms with van der Waals surface area (Å²) in [7, 11) is 0. The van der Waals surface area contributed by atoms with Crippen LogP contribution in [0.25, 0.3) is 10.9 Å². The highest BCUT2D eigenvalue weighted by Crippen LogP contribution is 2.33. The van der Waals surface area contributed by atoms with Gasteiger partial charge in [0.05, 0.1) is 11.1 Å². The average molecular weight is 366 g/mol. The van der Waals surface area contributed by atoms with Crippen LogP contribution in [-0.2, 0) is 12.8 Å². The van der Waals surface area contributed by atoms with Crippen molar-refractivity contribution in [2.45, 2.75) is 57.9 Å². The van der Waals surface area contributed by atoms with E-state index in [0.29, 0.717) is 0 Å². The van der Waals surface area contributed by atoms with Crippen molar-refractivity contribution in [2.24, 2.45) is 5.92 Å². The molecule has 2 fully saturated rings. The van der Waals surface area contributed by atoms with Crippen LogP contribution >= 0.6 is 0 Å². The third kappa shape index (κ3) is 3.08. The summed E-state index contributed by atoms with van der Waals surface area (Å²) in [6, 6.07) is 7.04. The van der Waals surface area contributed by atoms with Gasteiger partial charge in [-0.15, -0.1) is 0 Å². The highest BCUT2D eigenvalue weighted by molar-refractivity contribution is 6.06. The van der Waals surface area contributed by atoms with Gasteiger partial charge in [-0.3, -0.25) is 9.69 Å². The van der Waals surface area contributed by atoms with Crippen molar-refractivity contribution in [3.05, 3.63) is 35.0 Å². The third-order valence-corrected chi connectivity index (χ3v) is 7.14. The van der Waals surface area contributed by atoms with Crippen molar-refractivity contribution in [1.82, 2.24) is 14.8 Å². The maximum absolute atomic E-state index is 13.3. The van der Waals surface area contributed by atoms with Crippen LogP contribution in [0.1, 0.15) is 60.6 Å². The number of fused-ring (bicyclic) bond motifs is 3. The predicted octanol–water partition coefficient (Wildman–Crippen LogP) is 3.99. The molecule has 0 spiro atoms. The fourth-order valence-electron chi connectivity index (χ4n) is 5.52. The van der Waals surface area contributed by atoms with Crippen LogP contribution in [0.4, 0.5) is 0 Å². The van der Waals surface area contributed by atoms with E-state index in [2.05, 4.69) is 33.8 Å². The molecule has 2 heterocycles. The smallest absolute Gasteiger partial charge is 0.256 e. The Morgan fingerprint density at radius 3 is 2.63 bits per heavy atom. The molecule has 1 saturated heterocycles. The number of aryl methyl sites for hydroxylation is 1. The number of carbonyl (C=O) groups excluding carboxylic acids is 1. The van der Waals surface area contributed by atoms with E-state index in [-0.39, 0.29) is 5.91 Å². The second-order valence-corrected chi connectivity index (χ2v) is 8.92. The van der Waals surface area contributed by atoms with E-state index < -0.39 is 0 Å². The number of aromatic amines is 1. The van der Waals surface area contributed by atoms with Crippen LogP contribution in [-0.4, -0.2) is 52.9 Å². The van der Waals surface area contributed by atoms with Crippen LogP contribution in [0.2, 0.25) is 0 Å². The van der Waals surface area contributed by atoms with E-state index in [0.717, 1.165) is 62.1 Å². The summed E-state index contributed by atoms with van der Waals surface area (Å²) < 4.78 is 0.